The van der Waals surface area contributed by atoms with Gasteiger partial charge in [-0.1, -0.05) is 0 Å². The van der Waals surface area contributed by atoms with Gasteiger partial charge in [-0.05, 0) is 12.3 Å². The van der Waals surface area contributed by atoms with E-state index in [1.807, 2.05) is 29.6 Å². The molecule has 0 amide bonds. The number of guanidine groups is 1. The van der Waals surface area contributed by atoms with Crippen LogP contribution in [0.3, 0.4) is 0 Å². The van der Waals surface area contributed by atoms with Crippen LogP contribution in [0.15, 0.2) is 17.3 Å². The summed E-state index contributed by atoms with van der Waals surface area (Å²) in [5.74, 6) is 1.90. The zero-order chi connectivity index (χ0) is 11.8. The third-order valence-corrected chi connectivity index (χ3v) is 2.79. The van der Waals surface area contributed by atoms with E-state index in [1.165, 1.54) is 0 Å². The largest absolute Gasteiger partial charge is 0.356 e. The molecule has 5 nitrogen and oxygen atoms in total. The maximum atomic E-state index is 4.14. The van der Waals surface area contributed by atoms with Crippen LogP contribution in [0.4, 0.5) is 0 Å². The van der Waals surface area contributed by atoms with E-state index in [0.717, 1.165) is 30.5 Å². The lowest BCUT2D eigenvalue weighted by molar-refractivity contribution is 0.686. The second-order valence-electron chi connectivity index (χ2n) is 3.29. The molecule has 90 valence electrons. The Bertz CT molecular complexity index is 334. The normalized spacial score (nSPS) is 11.6. The van der Waals surface area contributed by atoms with E-state index in [1.54, 1.807) is 13.2 Å². The Morgan fingerprint density at radius 2 is 2.38 bits per heavy atom. The maximum absolute atomic E-state index is 4.14. The molecule has 0 aliphatic heterocycles. The third kappa shape index (κ3) is 4.14. The van der Waals surface area contributed by atoms with Crippen LogP contribution in [-0.4, -0.2) is 41.3 Å². The smallest absolute Gasteiger partial charge is 0.191 e. The van der Waals surface area contributed by atoms with E-state index >= 15 is 0 Å². The standard InChI is InChI=1S/C10H19N5S/c1-11-10(12-6-7-16-3)13-8-9-4-5-14-15(9)2/h4-5H,6-8H2,1-3H3,(H2,11,12,13). The van der Waals surface area contributed by atoms with Crippen molar-refractivity contribution in [1.82, 2.24) is 20.4 Å². The van der Waals surface area contributed by atoms with Gasteiger partial charge in [0.25, 0.3) is 0 Å². The van der Waals surface area contributed by atoms with Crippen LogP contribution >= 0.6 is 11.8 Å². The summed E-state index contributed by atoms with van der Waals surface area (Å²) in [6, 6.07) is 1.99. The van der Waals surface area contributed by atoms with E-state index in [4.69, 9.17) is 0 Å². The summed E-state index contributed by atoms with van der Waals surface area (Å²) >= 11 is 1.81. The molecule has 1 rings (SSSR count). The van der Waals surface area contributed by atoms with Crippen LogP contribution in [0.25, 0.3) is 0 Å². The average molecular weight is 241 g/mol. The SMILES string of the molecule is CN=C(NCCSC)NCc1ccnn1C. The second-order valence-corrected chi connectivity index (χ2v) is 4.28. The molecule has 1 heterocycles. The van der Waals surface area contributed by atoms with Crippen molar-refractivity contribution in [3.63, 3.8) is 0 Å². The van der Waals surface area contributed by atoms with Crippen molar-refractivity contribution in [2.75, 3.05) is 25.6 Å². The number of hydrogen-bond acceptors (Lipinski definition) is 3. The van der Waals surface area contributed by atoms with Gasteiger partial charge in [-0.3, -0.25) is 9.67 Å². The number of aromatic nitrogens is 2. The summed E-state index contributed by atoms with van der Waals surface area (Å²) in [7, 11) is 3.71. The fourth-order valence-electron chi connectivity index (χ4n) is 1.24. The van der Waals surface area contributed by atoms with Gasteiger partial charge in [0.2, 0.25) is 0 Å². The van der Waals surface area contributed by atoms with Crippen molar-refractivity contribution in [3.05, 3.63) is 18.0 Å². The molecule has 0 aromatic carbocycles. The molecule has 6 heteroatoms. The molecule has 0 spiro atoms. The molecular formula is C10H19N5S. The summed E-state index contributed by atoms with van der Waals surface area (Å²) < 4.78 is 1.85. The summed E-state index contributed by atoms with van der Waals surface area (Å²) in [5, 5.41) is 10.6. The van der Waals surface area contributed by atoms with Crippen LogP contribution in [0.2, 0.25) is 0 Å². The van der Waals surface area contributed by atoms with E-state index in [-0.39, 0.29) is 0 Å². The van der Waals surface area contributed by atoms with E-state index in [0.29, 0.717) is 0 Å². The zero-order valence-corrected chi connectivity index (χ0v) is 10.8. The summed E-state index contributed by atoms with van der Waals surface area (Å²) in [4.78, 5) is 4.14. The summed E-state index contributed by atoms with van der Waals surface area (Å²) in [6.45, 7) is 1.65. The van der Waals surface area contributed by atoms with E-state index < -0.39 is 0 Å². The van der Waals surface area contributed by atoms with Crippen molar-refractivity contribution < 1.29 is 0 Å². The van der Waals surface area contributed by atoms with Crippen LogP contribution in [-0.2, 0) is 13.6 Å². The molecule has 0 unspecified atom stereocenters. The maximum Gasteiger partial charge on any atom is 0.191 e. The van der Waals surface area contributed by atoms with Crippen molar-refractivity contribution in [2.24, 2.45) is 12.0 Å². The summed E-state index contributed by atoms with van der Waals surface area (Å²) in [6.07, 6.45) is 3.88. The Hall–Kier alpha value is -1.17. The minimum absolute atomic E-state index is 0.732. The number of rotatable bonds is 5. The second kappa shape index (κ2) is 7.16. The van der Waals surface area contributed by atoms with Gasteiger partial charge in [0, 0.05) is 32.6 Å². The number of hydrogen-bond donors (Lipinski definition) is 2. The topological polar surface area (TPSA) is 54.2 Å². The molecule has 1 aromatic rings. The van der Waals surface area contributed by atoms with Crippen molar-refractivity contribution in [1.29, 1.82) is 0 Å². The zero-order valence-electron chi connectivity index (χ0n) is 10.0. The van der Waals surface area contributed by atoms with Gasteiger partial charge in [-0.15, -0.1) is 0 Å². The van der Waals surface area contributed by atoms with Crippen LogP contribution in [0, 0.1) is 0 Å². The molecule has 0 radical (unpaired) electrons. The predicted molar refractivity (Wildman–Crippen MR) is 69.8 cm³/mol. The minimum Gasteiger partial charge on any atom is -0.356 e. The van der Waals surface area contributed by atoms with E-state index in [9.17, 15) is 0 Å². The number of nitrogens with zero attached hydrogens (tertiary/aromatic N) is 3. The Balaban J connectivity index is 2.32. The van der Waals surface area contributed by atoms with Crippen molar-refractivity contribution >= 4 is 17.7 Å². The lowest BCUT2D eigenvalue weighted by atomic mass is 10.4. The Morgan fingerprint density at radius 1 is 1.56 bits per heavy atom. The molecular weight excluding hydrogens is 222 g/mol. The van der Waals surface area contributed by atoms with Crippen LogP contribution in [0.5, 0.6) is 0 Å². The monoisotopic (exact) mass is 241 g/mol. The lowest BCUT2D eigenvalue weighted by Crippen LogP contribution is -2.38. The fraction of sp³-hybridized carbons (Fsp3) is 0.600. The first kappa shape index (κ1) is 12.9. The molecule has 0 atom stereocenters. The average Bonchev–Trinajstić information content (AvgIpc) is 2.69. The molecule has 1 aromatic heterocycles. The Morgan fingerprint density at radius 3 is 2.94 bits per heavy atom. The molecule has 2 N–H and O–H groups in total. The van der Waals surface area contributed by atoms with Gasteiger partial charge in [0.15, 0.2) is 5.96 Å². The first-order chi connectivity index (χ1) is 7.77. The van der Waals surface area contributed by atoms with E-state index in [2.05, 4.69) is 27.0 Å². The van der Waals surface area contributed by atoms with Crippen molar-refractivity contribution in [3.8, 4) is 0 Å². The van der Waals surface area contributed by atoms with Gasteiger partial charge in [0.05, 0.1) is 12.2 Å². The number of thioether (sulfide) groups is 1. The Labute approximate surface area is 101 Å². The van der Waals surface area contributed by atoms with Crippen molar-refractivity contribution in [2.45, 2.75) is 6.54 Å². The number of aliphatic imine (C=N–C) groups is 1. The molecule has 0 aliphatic rings. The van der Waals surface area contributed by atoms with Gasteiger partial charge in [0.1, 0.15) is 0 Å². The highest BCUT2D eigenvalue weighted by Crippen LogP contribution is 1.94. The fourth-order valence-corrected chi connectivity index (χ4v) is 1.55. The highest BCUT2D eigenvalue weighted by atomic mass is 32.2. The molecule has 0 aliphatic carbocycles. The first-order valence-corrected chi connectivity index (χ1v) is 6.57. The van der Waals surface area contributed by atoms with Crippen LogP contribution < -0.4 is 10.6 Å². The minimum atomic E-state index is 0.732. The molecule has 16 heavy (non-hydrogen) atoms. The number of nitrogens with one attached hydrogen (secondary N) is 2. The van der Waals surface area contributed by atoms with Gasteiger partial charge < -0.3 is 10.6 Å². The molecule has 0 fully saturated rings. The predicted octanol–water partition coefficient (Wildman–Crippen LogP) is 0.448. The molecule has 0 bridgehead atoms. The number of aryl methyl sites for hydroxylation is 1. The highest BCUT2D eigenvalue weighted by molar-refractivity contribution is 7.98. The lowest BCUT2D eigenvalue weighted by Gasteiger charge is -2.11. The molecule has 0 saturated carbocycles. The quantitative estimate of drug-likeness (QED) is 0.446. The van der Waals surface area contributed by atoms with Gasteiger partial charge in [-0.25, -0.2) is 0 Å². The van der Waals surface area contributed by atoms with Gasteiger partial charge >= 0.3 is 0 Å². The first-order valence-electron chi connectivity index (χ1n) is 5.18. The highest BCUT2D eigenvalue weighted by Gasteiger charge is 2.00. The van der Waals surface area contributed by atoms with Gasteiger partial charge in [-0.2, -0.15) is 16.9 Å². The Kier molecular flexibility index (Phi) is 5.77. The third-order valence-electron chi connectivity index (χ3n) is 2.18. The van der Waals surface area contributed by atoms with Crippen LogP contribution in [0.1, 0.15) is 5.69 Å². The summed E-state index contributed by atoms with van der Waals surface area (Å²) in [5.41, 5.74) is 1.13. The molecule has 0 saturated heterocycles.